The minimum atomic E-state index is 0.116. The van der Waals surface area contributed by atoms with Crippen LogP contribution in [0.2, 0.25) is 0 Å². The molecule has 0 aromatic carbocycles. The van der Waals surface area contributed by atoms with Crippen molar-refractivity contribution in [2.45, 2.75) is 44.9 Å². The maximum atomic E-state index is 12.1. The number of nitrogens with two attached hydrogens (primary N) is 1. The van der Waals surface area contributed by atoms with Crippen LogP contribution in [0.15, 0.2) is 16.8 Å². The molecule has 1 fully saturated rings. The van der Waals surface area contributed by atoms with Gasteiger partial charge in [-0.1, -0.05) is 19.3 Å². The van der Waals surface area contributed by atoms with E-state index >= 15 is 0 Å². The Balaban J connectivity index is 1.91. The molecule has 0 unspecified atom stereocenters. The first-order chi connectivity index (χ1) is 8.24. The Hall–Kier alpha value is -0.670. The van der Waals surface area contributed by atoms with E-state index in [-0.39, 0.29) is 5.41 Å². The monoisotopic (exact) mass is 251 g/mol. The van der Waals surface area contributed by atoms with Crippen molar-refractivity contribution in [1.82, 2.24) is 0 Å². The van der Waals surface area contributed by atoms with E-state index in [1.165, 1.54) is 19.3 Å². The molecule has 2 N–H and O–H groups in total. The average Bonchev–Trinajstić information content (AvgIpc) is 2.83. The Kier molecular flexibility index (Phi) is 4.35. The van der Waals surface area contributed by atoms with E-state index in [1.54, 1.807) is 11.3 Å². The van der Waals surface area contributed by atoms with Crippen LogP contribution >= 0.6 is 11.3 Å². The van der Waals surface area contributed by atoms with Gasteiger partial charge in [-0.05, 0) is 47.2 Å². The Labute approximate surface area is 107 Å². The van der Waals surface area contributed by atoms with Gasteiger partial charge in [-0.3, -0.25) is 4.79 Å². The first-order valence-electron chi connectivity index (χ1n) is 6.47. The van der Waals surface area contributed by atoms with Crippen LogP contribution < -0.4 is 5.73 Å². The highest BCUT2D eigenvalue weighted by Crippen LogP contribution is 2.38. The Morgan fingerprint density at radius 1 is 1.35 bits per heavy atom. The molecule has 94 valence electrons. The molecule has 0 saturated heterocycles. The normalized spacial score (nSPS) is 19.1. The van der Waals surface area contributed by atoms with Gasteiger partial charge in [0.15, 0.2) is 0 Å². The zero-order chi connectivity index (χ0) is 12.1. The summed E-state index contributed by atoms with van der Waals surface area (Å²) in [6.07, 6.45) is 7.33. The van der Waals surface area contributed by atoms with E-state index in [9.17, 15) is 4.79 Å². The second-order valence-electron chi connectivity index (χ2n) is 5.29. The second kappa shape index (κ2) is 5.78. The number of rotatable bonds is 5. The van der Waals surface area contributed by atoms with Crippen molar-refractivity contribution in [2.75, 3.05) is 6.54 Å². The molecule has 2 rings (SSSR count). The lowest BCUT2D eigenvalue weighted by Crippen LogP contribution is -2.35. The second-order valence-corrected chi connectivity index (χ2v) is 6.07. The summed E-state index contributed by atoms with van der Waals surface area (Å²) in [5.41, 5.74) is 7.18. The number of hydrogen-bond acceptors (Lipinski definition) is 3. The van der Waals surface area contributed by atoms with Gasteiger partial charge < -0.3 is 5.73 Å². The van der Waals surface area contributed by atoms with Crippen LogP contribution in [0.3, 0.4) is 0 Å². The molecule has 2 nitrogen and oxygen atoms in total. The molecule has 1 aromatic heterocycles. The van der Waals surface area contributed by atoms with E-state index in [4.69, 9.17) is 5.73 Å². The number of hydrogen-bond donors (Lipinski definition) is 1. The molecule has 0 bridgehead atoms. The molecular formula is C14H21NOS. The third kappa shape index (κ3) is 3.39. The molecule has 0 atom stereocenters. The maximum absolute atomic E-state index is 12.1. The average molecular weight is 251 g/mol. The van der Waals surface area contributed by atoms with Crippen molar-refractivity contribution in [2.24, 2.45) is 11.1 Å². The molecule has 0 spiro atoms. The summed E-state index contributed by atoms with van der Waals surface area (Å²) in [6, 6.07) is 2.04. The first-order valence-corrected chi connectivity index (χ1v) is 7.41. The molecule has 0 aliphatic heterocycles. The molecule has 1 saturated carbocycles. The molecule has 3 heteroatoms. The SMILES string of the molecule is NCC1(CC(=O)Cc2ccsc2)CCCCC1. The lowest BCUT2D eigenvalue weighted by Gasteiger charge is -2.35. The van der Waals surface area contributed by atoms with E-state index < -0.39 is 0 Å². The van der Waals surface area contributed by atoms with Gasteiger partial charge >= 0.3 is 0 Å². The van der Waals surface area contributed by atoms with Gasteiger partial charge in [-0.2, -0.15) is 11.3 Å². The van der Waals surface area contributed by atoms with Gasteiger partial charge in [-0.15, -0.1) is 0 Å². The third-order valence-corrected chi connectivity index (χ3v) is 4.63. The molecule has 17 heavy (non-hydrogen) atoms. The number of ketones is 1. The van der Waals surface area contributed by atoms with Crippen molar-refractivity contribution in [1.29, 1.82) is 0 Å². The first kappa shape index (κ1) is 12.8. The summed E-state index contributed by atoms with van der Waals surface area (Å²) < 4.78 is 0. The molecular weight excluding hydrogens is 230 g/mol. The highest BCUT2D eigenvalue weighted by atomic mass is 32.1. The molecule has 1 aliphatic rings. The van der Waals surface area contributed by atoms with E-state index in [1.807, 2.05) is 11.4 Å². The summed E-state index contributed by atoms with van der Waals surface area (Å²) in [6.45, 7) is 0.669. The van der Waals surface area contributed by atoms with Gasteiger partial charge in [0.25, 0.3) is 0 Å². The van der Waals surface area contributed by atoms with Gasteiger partial charge in [0.05, 0.1) is 0 Å². The quantitative estimate of drug-likeness (QED) is 0.873. The van der Waals surface area contributed by atoms with Gasteiger partial charge in [-0.25, -0.2) is 0 Å². The van der Waals surface area contributed by atoms with Crippen molar-refractivity contribution < 1.29 is 4.79 Å². The fraction of sp³-hybridized carbons (Fsp3) is 0.643. The summed E-state index contributed by atoms with van der Waals surface area (Å²) in [7, 11) is 0. The lowest BCUT2D eigenvalue weighted by atomic mass is 9.70. The van der Waals surface area contributed by atoms with Crippen LogP contribution in [0.25, 0.3) is 0 Å². The third-order valence-electron chi connectivity index (χ3n) is 3.90. The Bertz CT molecular complexity index is 352. The minimum absolute atomic E-state index is 0.116. The molecule has 0 radical (unpaired) electrons. The molecule has 1 heterocycles. The van der Waals surface area contributed by atoms with Gasteiger partial charge in [0.2, 0.25) is 0 Å². The van der Waals surface area contributed by atoms with Crippen LogP contribution in [-0.2, 0) is 11.2 Å². The maximum Gasteiger partial charge on any atom is 0.137 e. The number of Topliss-reactive ketones (excluding diaryl/α,β-unsaturated/α-hetero) is 1. The smallest absolute Gasteiger partial charge is 0.137 e. The van der Waals surface area contributed by atoms with Gasteiger partial charge in [0, 0.05) is 12.8 Å². The van der Waals surface area contributed by atoms with E-state index in [0.717, 1.165) is 18.4 Å². The van der Waals surface area contributed by atoms with Crippen LogP contribution in [0.1, 0.15) is 44.1 Å². The van der Waals surface area contributed by atoms with Crippen molar-refractivity contribution in [3.63, 3.8) is 0 Å². The summed E-state index contributed by atoms with van der Waals surface area (Å²) in [5, 5.41) is 4.09. The topological polar surface area (TPSA) is 43.1 Å². The van der Waals surface area contributed by atoms with Crippen LogP contribution in [0.4, 0.5) is 0 Å². The number of carbonyl (C=O) groups excluding carboxylic acids is 1. The van der Waals surface area contributed by atoms with Gasteiger partial charge in [0.1, 0.15) is 5.78 Å². The standard InChI is InChI=1S/C14H21NOS/c15-11-14(5-2-1-3-6-14)9-13(16)8-12-4-7-17-10-12/h4,7,10H,1-3,5-6,8-9,11,15H2. The highest BCUT2D eigenvalue weighted by Gasteiger charge is 2.32. The minimum Gasteiger partial charge on any atom is -0.330 e. The summed E-state index contributed by atoms with van der Waals surface area (Å²) >= 11 is 1.66. The lowest BCUT2D eigenvalue weighted by molar-refractivity contribution is -0.121. The molecule has 1 aliphatic carbocycles. The van der Waals surface area contributed by atoms with E-state index in [2.05, 4.69) is 5.38 Å². The van der Waals surface area contributed by atoms with Crippen LogP contribution in [-0.4, -0.2) is 12.3 Å². The van der Waals surface area contributed by atoms with Crippen molar-refractivity contribution in [3.05, 3.63) is 22.4 Å². The number of thiophene rings is 1. The zero-order valence-electron chi connectivity index (χ0n) is 10.3. The van der Waals surface area contributed by atoms with Crippen molar-refractivity contribution >= 4 is 17.1 Å². The predicted molar refractivity (Wildman–Crippen MR) is 72.2 cm³/mol. The Morgan fingerprint density at radius 3 is 2.71 bits per heavy atom. The highest BCUT2D eigenvalue weighted by molar-refractivity contribution is 7.07. The van der Waals surface area contributed by atoms with Crippen molar-refractivity contribution in [3.8, 4) is 0 Å². The number of carbonyl (C=O) groups is 1. The van der Waals surface area contributed by atoms with Crippen LogP contribution in [0, 0.1) is 5.41 Å². The van der Waals surface area contributed by atoms with Crippen LogP contribution in [0.5, 0.6) is 0 Å². The summed E-state index contributed by atoms with van der Waals surface area (Å²) in [4.78, 5) is 12.1. The molecule has 1 aromatic rings. The Morgan fingerprint density at radius 2 is 2.12 bits per heavy atom. The fourth-order valence-corrected chi connectivity index (χ4v) is 3.53. The summed E-state index contributed by atoms with van der Waals surface area (Å²) in [5.74, 6) is 0.357. The van der Waals surface area contributed by atoms with E-state index in [0.29, 0.717) is 25.2 Å². The largest absolute Gasteiger partial charge is 0.330 e. The zero-order valence-corrected chi connectivity index (χ0v) is 11.1. The fourth-order valence-electron chi connectivity index (χ4n) is 2.86. The molecule has 0 amide bonds. The predicted octanol–water partition coefficient (Wildman–Crippen LogP) is 3.16.